The molecule has 0 bridgehead atoms. The zero-order chi connectivity index (χ0) is 18.3. The highest BCUT2D eigenvalue weighted by atomic mass is 32.1. The van der Waals surface area contributed by atoms with E-state index < -0.39 is 18.7 Å². The minimum atomic E-state index is -1.02. The van der Waals surface area contributed by atoms with Gasteiger partial charge in [-0.3, -0.25) is 0 Å². The number of anilines is 1. The van der Waals surface area contributed by atoms with Crippen LogP contribution in [0.25, 0.3) is 0 Å². The molecule has 0 aliphatic heterocycles. The highest BCUT2D eigenvalue weighted by Crippen LogP contribution is 2.20. The number of aliphatic hydroxyl groups excluding tert-OH is 2. The number of nitrogens with one attached hydrogen (secondary N) is 1. The van der Waals surface area contributed by atoms with Gasteiger partial charge >= 0.3 is 5.97 Å². The number of aliphatic hydroxyl groups is 2. The molecule has 6 heteroatoms. The van der Waals surface area contributed by atoms with Gasteiger partial charge in [-0.05, 0) is 25.3 Å². The van der Waals surface area contributed by atoms with Crippen LogP contribution in [0.1, 0.15) is 61.0 Å². The number of esters is 1. The number of thiophene rings is 1. The number of carbonyl (C=O) groups excluding carboxylic acids is 1. The minimum absolute atomic E-state index is 0.191. The maximum Gasteiger partial charge on any atom is 0.348 e. The Kier molecular flexibility index (Phi) is 12.0. The van der Waals surface area contributed by atoms with Gasteiger partial charge in [-0.2, -0.15) is 0 Å². The maximum absolute atomic E-state index is 11.8. The Morgan fingerprint density at radius 2 is 1.92 bits per heavy atom. The van der Waals surface area contributed by atoms with E-state index in [0.717, 1.165) is 25.1 Å². The number of rotatable bonds is 15. The van der Waals surface area contributed by atoms with Gasteiger partial charge in [0.1, 0.15) is 17.6 Å². The normalized spacial score (nSPS) is 11.9. The molecule has 142 valence electrons. The van der Waals surface area contributed by atoms with Gasteiger partial charge in [-0.15, -0.1) is 17.9 Å². The molecule has 0 aliphatic rings. The minimum Gasteiger partial charge on any atom is -0.459 e. The summed E-state index contributed by atoms with van der Waals surface area (Å²) in [5.41, 5.74) is 0.920. The lowest BCUT2D eigenvalue weighted by atomic mass is 10.1. The maximum atomic E-state index is 11.8. The van der Waals surface area contributed by atoms with Crippen molar-refractivity contribution in [1.82, 2.24) is 0 Å². The summed E-state index contributed by atoms with van der Waals surface area (Å²) in [5.74, 6) is -0.470. The Morgan fingerprint density at radius 1 is 1.24 bits per heavy atom. The molecule has 1 rings (SSSR count). The summed E-state index contributed by atoms with van der Waals surface area (Å²) >= 11 is 1.31. The lowest BCUT2D eigenvalue weighted by Crippen LogP contribution is -2.21. The fourth-order valence-corrected chi connectivity index (χ4v) is 3.12. The summed E-state index contributed by atoms with van der Waals surface area (Å²) < 4.78 is 4.93. The molecular weight excluding hydrogens is 338 g/mol. The molecule has 0 fully saturated rings. The van der Waals surface area contributed by atoms with E-state index in [1.54, 1.807) is 6.07 Å². The summed E-state index contributed by atoms with van der Waals surface area (Å²) in [6.45, 7) is 4.02. The SMILES string of the molecule is C=CCCCCCCCCCNc1csc(C(=O)OCC(O)CO)c1. The Balaban J connectivity index is 2.07. The highest BCUT2D eigenvalue weighted by molar-refractivity contribution is 7.12. The van der Waals surface area contributed by atoms with Crippen molar-refractivity contribution in [2.75, 3.05) is 25.1 Å². The van der Waals surface area contributed by atoms with Gasteiger partial charge < -0.3 is 20.3 Å². The fourth-order valence-electron chi connectivity index (χ4n) is 2.36. The van der Waals surface area contributed by atoms with Crippen molar-refractivity contribution >= 4 is 23.0 Å². The van der Waals surface area contributed by atoms with Crippen molar-refractivity contribution in [3.05, 3.63) is 29.0 Å². The summed E-state index contributed by atoms with van der Waals surface area (Å²) in [4.78, 5) is 12.3. The third-order valence-corrected chi connectivity index (χ3v) is 4.74. The number of allylic oxidation sites excluding steroid dienone is 1. The summed E-state index contributed by atoms with van der Waals surface area (Å²) in [6, 6.07) is 1.76. The van der Waals surface area contributed by atoms with Crippen LogP contribution >= 0.6 is 11.3 Å². The van der Waals surface area contributed by atoms with Crippen molar-refractivity contribution in [2.24, 2.45) is 0 Å². The fraction of sp³-hybridized carbons (Fsp3) is 0.632. The first-order chi connectivity index (χ1) is 12.2. The topological polar surface area (TPSA) is 78.8 Å². The van der Waals surface area contributed by atoms with E-state index in [1.165, 1.54) is 49.9 Å². The lowest BCUT2D eigenvalue weighted by Gasteiger charge is -2.07. The average Bonchev–Trinajstić information content (AvgIpc) is 3.10. The summed E-state index contributed by atoms with van der Waals surface area (Å²) in [7, 11) is 0. The molecule has 1 atom stereocenters. The molecule has 0 radical (unpaired) electrons. The second-order valence-corrected chi connectivity index (χ2v) is 7.02. The molecule has 1 heterocycles. The second-order valence-electron chi connectivity index (χ2n) is 6.11. The lowest BCUT2D eigenvalue weighted by molar-refractivity contribution is 0.00971. The van der Waals surface area contributed by atoms with Crippen LogP contribution in [0, 0.1) is 0 Å². The Labute approximate surface area is 154 Å². The number of unbranched alkanes of at least 4 members (excludes halogenated alkanes) is 7. The Hall–Kier alpha value is -1.37. The van der Waals surface area contributed by atoms with Gasteiger partial charge in [0.2, 0.25) is 0 Å². The second kappa shape index (κ2) is 13.9. The zero-order valence-electron chi connectivity index (χ0n) is 14.9. The molecule has 0 saturated carbocycles. The molecule has 0 amide bonds. The molecule has 1 aromatic rings. The van der Waals surface area contributed by atoms with Crippen LogP contribution in [0.5, 0.6) is 0 Å². The smallest absolute Gasteiger partial charge is 0.348 e. The van der Waals surface area contributed by atoms with Crippen LogP contribution in [0.4, 0.5) is 5.69 Å². The van der Waals surface area contributed by atoms with E-state index in [0.29, 0.717) is 4.88 Å². The Morgan fingerprint density at radius 3 is 2.60 bits per heavy atom. The molecule has 0 aliphatic carbocycles. The number of ether oxygens (including phenoxy) is 1. The molecule has 25 heavy (non-hydrogen) atoms. The number of hydrogen-bond acceptors (Lipinski definition) is 6. The first kappa shape index (κ1) is 21.7. The molecule has 1 aromatic heterocycles. The molecule has 0 aromatic carbocycles. The van der Waals surface area contributed by atoms with Crippen LogP contribution in [-0.2, 0) is 4.74 Å². The predicted octanol–water partition coefficient (Wildman–Crippen LogP) is 3.98. The van der Waals surface area contributed by atoms with E-state index >= 15 is 0 Å². The van der Waals surface area contributed by atoms with Crippen LogP contribution in [-0.4, -0.2) is 42.0 Å². The van der Waals surface area contributed by atoms with Crippen LogP contribution in [0.2, 0.25) is 0 Å². The van der Waals surface area contributed by atoms with E-state index in [1.807, 2.05) is 11.5 Å². The molecular formula is C19H31NO4S. The van der Waals surface area contributed by atoms with E-state index in [4.69, 9.17) is 9.84 Å². The van der Waals surface area contributed by atoms with E-state index in [-0.39, 0.29) is 6.61 Å². The van der Waals surface area contributed by atoms with Crippen LogP contribution in [0.15, 0.2) is 24.1 Å². The van der Waals surface area contributed by atoms with E-state index in [9.17, 15) is 9.90 Å². The van der Waals surface area contributed by atoms with Crippen molar-refractivity contribution < 1.29 is 19.7 Å². The predicted molar refractivity (Wildman–Crippen MR) is 103 cm³/mol. The van der Waals surface area contributed by atoms with Crippen molar-refractivity contribution in [3.8, 4) is 0 Å². The third kappa shape index (κ3) is 10.3. The van der Waals surface area contributed by atoms with Crippen LogP contribution in [0.3, 0.4) is 0 Å². The number of hydrogen-bond donors (Lipinski definition) is 3. The number of carbonyl (C=O) groups is 1. The first-order valence-corrected chi connectivity index (χ1v) is 9.94. The Bertz CT molecular complexity index is 490. The standard InChI is InChI=1S/C19H31NO4S/c1-2-3-4-5-6-7-8-9-10-11-20-16-12-18(25-15-16)19(23)24-14-17(22)13-21/h2,12,15,17,20-22H,1,3-11,13-14H2. The molecule has 3 N–H and O–H groups in total. The zero-order valence-corrected chi connectivity index (χ0v) is 15.7. The van der Waals surface area contributed by atoms with Crippen LogP contribution < -0.4 is 5.32 Å². The first-order valence-electron chi connectivity index (χ1n) is 9.06. The van der Waals surface area contributed by atoms with Gasteiger partial charge in [-0.25, -0.2) is 4.79 Å². The summed E-state index contributed by atoms with van der Waals surface area (Å²) in [6.07, 6.45) is 10.8. The monoisotopic (exact) mass is 369 g/mol. The molecule has 5 nitrogen and oxygen atoms in total. The largest absolute Gasteiger partial charge is 0.459 e. The average molecular weight is 370 g/mol. The van der Waals surface area contributed by atoms with Crippen molar-refractivity contribution in [3.63, 3.8) is 0 Å². The molecule has 1 unspecified atom stereocenters. The van der Waals surface area contributed by atoms with Crippen molar-refractivity contribution in [2.45, 2.75) is 57.5 Å². The van der Waals surface area contributed by atoms with Gasteiger partial charge in [0, 0.05) is 17.6 Å². The molecule has 0 saturated heterocycles. The summed E-state index contributed by atoms with van der Waals surface area (Å²) in [5, 5.41) is 23.1. The highest BCUT2D eigenvalue weighted by Gasteiger charge is 2.12. The van der Waals surface area contributed by atoms with E-state index in [2.05, 4.69) is 11.9 Å². The quantitative estimate of drug-likeness (QED) is 0.248. The van der Waals surface area contributed by atoms with Gasteiger partial charge in [0.05, 0.1) is 6.61 Å². The third-order valence-electron chi connectivity index (χ3n) is 3.83. The van der Waals surface area contributed by atoms with Gasteiger partial charge in [0.25, 0.3) is 0 Å². The molecule has 0 spiro atoms. The van der Waals surface area contributed by atoms with Gasteiger partial charge in [-0.1, -0.05) is 38.2 Å². The van der Waals surface area contributed by atoms with Crippen molar-refractivity contribution in [1.29, 1.82) is 0 Å². The van der Waals surface area contributed by atoms with Gasteiger partial charge in [0.15, 0.2) is 0 Å².